The largest absolute Gasteiger partial charge is 0.329 e. The maximum absolute atomic E-state index is 13.7. The molecule has 4 rings (SSSR count). The van der Waals surface area contributed by atoms with Crippen LogP contribution in [0.1, 0.15) is 62.6 Å². The third-order valence-electron chi connectivity index (χ3n) is 5.92. The second-order valence-electron chi connectivity index (χ2n) is 7.60. The van der Waals surface area contributed by atoms with Gasteiger partial charge in [0.25, 0.3) is 0 Å². The first-order valence-electron chi connectivity index (χ1n) is 10.2. The summed E-state index contributed by atoms with van der Waals surface area (Å²) >= 11 is 0. The summed E-state index contributed by atoms with van der Waals surface area (Å²) in [5, 5.41) is 3.26. The number of nitrogens with zero attached hydrogens (tertiary/aromatic N) is 2. The molecule has 2 aliphatic carbocycles. The number of nitrogens with one attached hydrogen (secondary N) is 1. The van der Waals surface area contributed by atoms with Gasteiger partial charge in [-0.2, -0.15) is 0 Å². The van der Waals surface area contributed by atoms with Crippen LogP contribution < -0.4 is 11.0 Å². The monoisotopic (exact) mass is 365 g/mol. The van der Waals surface area contributed by atoms with Gasteiger partial charge in [0.15, 0.2) is 0 Å². The van der Waals surface area contributed by atoms with E-state index >= 15 is 0 Å². The standard InChI is InChI=1S/C23H29N3O.H2/c1-24-17-16-20(18-10-4-2-5-11-18)26-22-15-7-3-6-14-21(22)25(23(26)27)19-12-8-9-13-19;/h2-7,10-11,15,19-20,24H,8-9,12-14,16-17H2,1H3;1H/t20-;/m1./s1. The number of hydrogen-bond donors (Lipinski definition) is 1. The molecule has 27 heavy (non-hydrogen) atoms. The molecule has 0 saturated heterocycles. The van der Waals surface area contributed by atoms with E-state index in [0.717, 1.165) is 37.9 Å². The lowest BCUT2D eigenvalue weighted by Gasteiger charge is -2.20. The minimum Gasteiger partial charge on any atom is -0.320 e. The Balaban J connectivity index is 0.00000225. The van der Waals surface area contributed by atoms with Crippen LogP contribution in [0.25, 0.3) is 6.08 Å². The van der Waals surface area contributed by atoms with Crippen LogP contribution in [-0.2, 0) is 6.42 Å². The van der Waals surface area contributed by atoms with Crippen molar-refractivity contribution in [3.05, 3.63) is 76.0 Å². The average Bonchev–Trinajstić information content (AvgIpc) is 3.23. The second-order valence-corrected chi connectivity index (χ2v) is 7.60. The van der Waals surface area contributed by atoms with Gasteiger partial charge in [-0.15, -0.1) is 0 Å². The summed E-state index contributed by atoms with van der Waals surface area (Å²) in [6.07, 6.45) is 14.9. The maximum atomic E-state index is 13.7. The van der Waals surface area contributed by atoms with Crippen molar-refractivity contribution in [2.24, 2.45) is 0 Å². The van der Waals surface area contributed by atoms with Crippen LogP contribution in [-0.4, -0.2) is 22.7 Å². The fourth-order valence-corrected chi connectivity index (χ4v) is 4.62. The number of rotatable bonds is 6. The first-order chi connectivity index (χ1) is 13.3. The van der Waals surface area contributed by atoms with Crippen LogP contribution in [0.3, 0.4) is 0 Å². The van der Waals surface area contributed by atoms with Crippen LogP contribution in [0.2, 0.25) is 0 Å². The van der Waals surface area contributed by atoms with Gasteiger partial charge in [-0.05, 0) is 44.5 Å². The predicted molar refractivity (Wildman–Crippen MR) is 113 cm³/mol. The lowest BCUT2D eigenvalue weighted by atomic mass is 10.0. The van der Waals surface area contributed by atoms with Gasteiger partial charge in [-0.25, -0.2) is 4.79 Å². The zero-order valence-electron chi connectivity index (χ0n) is 16.1. The molecule has 1 fully saturated rings. The normalized spacial score (nSPS) is 17.8. The van der Waals surface area contributed by atoms with Crippen molar-refractivity contribution in [2.45, 2.75) is 50.6 Å². The fraction of sp³-hybridized carbons (Fsp3) is 0.435. The van der Waals surface area contributed by atoms with Gasteiger partial charge in [0.2, 0.25) is 0 Å². The van der Waals surface area contributed by atoms with Gasteiger partial charge in [-0.3, -0.25) is 9.13 Å². The first kappa shape index (κ1) is 18.1. The van der Waals surface area contributed by atoms with E-state index in [-0.39, 0.29) is 13.2 Å². The van der Waals surface area contributed by atoms with Crippen molar-refractivity contribution < 1.29 is 1.43 Å². The van der Waals surface area contributed by atoms with E-state index in [1.165, 1.54) is 24.1 Å². The van der Waals surface area contributed by atoms with E-state index in [4.69, 9.17) is 0 Å². The third kappa shape index (κ3) is 3.46. The highest BCUT2D eigenvalue weighted by molar-refractivity contribution is 5.53. The Morgan fingerprint density at radius 1 is 1.19 bits per heavy atom. The van der Waals surface area contributed by atoms with Gasteiger partial charge in [0.1, 0.15) is 0 Å². The summed E-state index contributed by atoms with van der Waals surface area (Å²) in [6, 6.07) is 10.9. The summed E-state index contributed by atoms with van der Waals surface area (Å²) in [7, 11) is 1.97. The number of aromatic nitrogens is 2. The molecule has 2 aromatic rings. The zero-order chi connectivity index (χ0) is 18.6. The molecule has 0 unspecified atom stereocenters. The highest BCUT2D eigenvalue weighted by atomic mass is 16.2. The Hall–Kier alpha value is -2.33. The van der Waals surface area contributed by atoms with Gasteiger partial charge in [-0.1, -0.05) is 61.4 Å². The van der Waals surface area contributed by atoms with Crippen LogP contribution in [0, 0.1) is 0 Å². The molecule has 1 heterocycles. The minimum absolute atomic E-state index is 0. The van der Waals surface area contributed by atoms with Crippen molar-refractivity contribution in [3.63, 3.8) is 0 Å². The molecule has 4 heteroatoms. The van der Waals surface area contributed by atoms with Crippen molar-refractivity contribution in [3.8, 4) is 0 Å². The molecule has 1 saturated carbocycles. The highest BCUT2D eigenvalue weighted by Gasteiger charge is 2.29. The molecule has 1 aromatic carbocycles. The Morgan fingerprint density at radius 2 is 1.96 bits per heavy atom. The number of allylic oxidation sites excluding steroid dienone is 3. The number of benzene rings is 1. The lowest BCUT2D eigenvalue weighted by Crippen LogP contribution is -2.32. The molecule has 4 nitrogen and oxygen atoms in total. The molecule has 0 radical (unpaired) electrons. The second kappa shape index (κ2) is 8.13. The quantitative estimate of drug-likeness (QED) is 0.827. The molecular weight excluding hydrogens is 334 g/mol. The molecule has 1 aromatic heterocycles. The molecule has 144 valence electrons. The summed E-state index contributed by atoms with van der Waals surface area (Å²) in [5.74, 6) is 0. The molecule has 1 N–H and O–H groups in total. The smallest absolute Gasteiger partial charge is 0.320 e. The number of imidazole rings is 1. The summed E-state index contributed by atoms with van der Waals surface area (Å²) in [4.78, 5) is 13.7. The van der Waals surface area contributed by atoms with E-state index in [0.29, 0.717) is 6.04 Å². The van der Waals surface area contributed by atoms with E-state index in [9.17, 15) is 4.79 Å². The number of hydrogen-bond acceptors (Lipinski definition) is 2. The molecule has 2 aliphatic rings. The van der Waals surface area contributed by atoms with Crippen molar-refractivity contribution in [2.75, 3.05) is 13.6 Å². The Morgan fingerprint density at radius 3 is 2.70 bits per heavy atom. The van der Waals surface area contributed by atoms with Gasteiger partial charge >= 0.3 is 5.69 Å². The molecule has 0 aliphatic heterocycles. The average molecular weight is 366 g/mol. The van der Waals surface area contributed by atoms with Crippen LogP contribution in [0.5, 0.6) is 0 Å². The van der Waals surface area contributed by atoms with Crippen LogP contribution in [0.4, 0.5) is 0 Å². The van der Waals surface area contributed by atoms with Crippen molar-refractivity contribution in [1.29, 1.82) is 0 Å². The fourth-order valence-electron chi connectivity index (χ4n) is 4.62. The van der Waals surface area contributed by atoms with E-state index < -0.39 is 0 Å². The maximum Gasteiger partial charge on any atom is 0.329 e. The third-order valence-corrected chi connectivity index (χ3v) is 5.92. The van der Waals surface area contributed by atoms with Crippen LogP contribution in [0.15, 0.2) is 53.4 Å². The topological polar surface area (TPSA) is 39.0 Å². The van der Waals surface area contributed by atoms with Gasteiger partial charge in [0.05, 0.1) is 17.4 Å². The van der Waals surface area contributed by atoms with Crippen molar-refractivity contribution in [1.82, 2.24) is 14.5 Å². The number of fused-ring (bicyclic) bond motifs is 1. The zero-order valence-corrected chi connectivity index (χ0v) is 16.1. The summed E-state index contributed by atoms with van der Waals surface area (Å²) in [6.45, 7) is 0.872. The summed E-state index contributed by atoms with van der Waals surface area (Å²) < 4.78 is 4.18. The van der Waals surface area contributed by atoms with E-state index in [2.05, 4.69) is 63.0 Å². The Kier molecular flexibility index (Phi) is 5.44. The predicted octanol–water partition coefficient (Wildman–Crippen LogP) is 4.34. The summed E-state index contributed by atoms with van der Waals surface area (Å²) in [5.41, 5.74) is 3.63. The first-order valence-corrected chi connectivity index (χ1v) is 10.2. The SMILES string of the molecule is CNCC[C@H](c1ccccc1)n1c2c(n(C3CCCC3)c1=O)CC=CC=C2.[HH]. The van der Waals surface area contributed by atoms with E-state index in [1.54, 1.807) is 0 Å². The molecular formula is C23H31N3O. The molecule has 1 atom stereocenters. The molecule has 0 bridgehead atoms. The Bertz CT molecular complexity index is 889. The Labute approximate surface area is 162 Å². The molecule has 0 amide bonds. The minimum atomic E-state index is 0. The molecule has 0 spiro atoms. The van der Waals surface area contributed by atoms with Gasteiger partial charge in [0, 0.05) is 13.9 Å². The van der Waals surface area contributed by atoms with Crippen LogP contribution >= 0.6 is 0 Å². The lowest BCUT2D eigenvalue weighted by molar-refractivity contribution is 0.456. The van der Waals surface area contributed by atoms with Gasteiger partial charge < -0.3 is 5.32 Å². The van der Waals surface area contributed by atoms with E-state index in [1.807, 2.05) is 13.1 Å². The van der Waals surface area contributed by atoms with Crippen molar-refractivity contribution >= 4 is 6.08 Å². The highest BCUT2D eigenvalue weighted by Crippen LogP contribution is 2.33.